The first-order chi connectivity index (χ1) is 9.52. The summed E-state index contributed by atoms with van der Waals surface area (Å²) in [5.74, 6) is 0.0493. The number of carboxylic acid groups (broad SMARTS) is 1. The lowest BCUT2D eigenvalue weighted by atomic mass is 9.93. The van der Waals surface area contributed by atoms with Crippen LogP contribution in [0.25, 0.3) is 0 Å². The Bertz CT molecular complexity index is 306. The van der Waals surface area contributed by atoms with Gasteiger partial charge in [0.1, 0.15) is 0 Å². The average Bonchev–Trinajstić information content (AvgIpc) is 2.36. The molecule has 0 bridgehead atoms. The summed E-state index contributed by atoms with van der Waals surface area (Å²) >= 11 is 0. The molecule has 2 atom stereocenters. The molecule has 2 heterocycles. The molecule has 2 rings (SSSR count). The van der Waals surface area contributed by atoms with Crippen LogP contribution in [0.2, 0.25) is 0 Å². The van der Waals surface area contributed by atoms with Crippen LogP contribution < -0.4 is 0 Å². The maximum Gasteiger partial charge on any atom is 0.317 e. The molecule has 116 valence electrons. The minimum atomic E-state index is -0.709. The third-order valence-corrected chi connectivity index (χ3v) is 4.41. The van der Waals surface area contributed by atoms with E-state index in [1.165, 1.54) is 6.42 Å². The lowest BCUT2D eigenvalue weighted by molar-refractivity contribution is -0.138. The molecule has 20 heavy (non-hydrogen) atoms. The van der Waals surface area contributed by atoms with Gasteiger partial charge in [0.05, 0.1) is 18.8 Å². The van der Waals surface area contributed by atoms with Crippen LogP contribution in [0.15, 0.2) is 0 Å². The van der Waals surface area contributed by atoms with Crippen molar-refractivity contribution in [1.82, 2.24) is 9.80 Å². The van der Waals surface area contributed by atoms with Crippen LogP contribution in [0.5, 0.6) is 0 Å². The molecule has 0 radical (unpaired) electrons. The second-order valence-corrected chi connectivity index (χ2v) is 6.42. The number of ether oxygens (including phenoxy) is 1. The van der Waals surface area contributed by atoms with Crippen molar-refractivity contribution in [3.63, 3.8) is 0 Å². The highest BCUT2D eigenvalue weighted by atomic mass is 16.5. The maximum absolute atomic E-state index is 10.7. The molecule has 0 saturated carbocycles. The molecule has 0 aromatic heterocycles. The smallest absolute Gasteiger partial charge is 0.317 e. The van der Waals surface area contributed by atoms with E-state index in [-0.39, 0.29) is 6.54 Å². The molecule has 0 aromatic rings. The van der Waals surface area contributed by atoms with E-state index in [4.69, 9.17) is 9.84 Å². The number of carbonyl (C=O) groups is 1. The van der Waals surface area contributed by atoms with Crippen molar-refractivity contribution in [3.8, 4) is 0 Å². The predicted octanol–water partition coefficient (Wildman–Crippen LogP) is 1.28. The van der Waals surface area contributed by atoms with Gasteiger partial charge < -0.3 is 9.84 Å². The Morgan fingerprint density at radius 2 is 1.75 bits per heavy atom. The zero-order chi connectivity index (χ0) is 14.5. The molecular weight excluding hydrogens is 256 g/mol. The maximum atomic E-state index is 10.7. The molecule has 5 nitrogen and oxygen atoms in total. The molecule has 5 heteroatoms. The Labute approximate surface area is 121 Å². The number of hydrogen-bond donors (Lipinski definition) is 1. The number of aliphatic carboxylic acids is 1. The van der Waals surface area contributed by atoms with Gasteiger partial charge >= 0.3 is 5.97 Å². The number of hydrogen-bond acceptors (Lipinski definition) is 4. The summed E-state index contributed by atoms with van der Waals surface area (Å²) in [5, 5.41) is 8.79. The number of carboxylic acids is 1. The Morgan fingerprint density at radius 3 is 2.30 bits per heavy atom. The van der Waals surface area contributed by atoms with Crippen LogP contribution in [-0.2, 0) is 9.53 Å². The van der Waals surface area contributed by atoms with Gasteiger partial charge in [-0.3, -0.25) is 14.6 Å². The molecule has 0 spiro atoms. The molecular formula is C15H28N2O3. The molecule has 0 unspecified atom stereocenters. The fourth-order valence-corrected chi connectivity index (χ4v) is 3.46. The van der Waals surface area contributed by atoms with Gasteiger partial charge in [-0.05, 0) is 58.7 Å². The average molecular weight is 284 g/mol. The SMILES string of the molecule is C[C@@H]1CN(CCC2CCN(CC(=O)O)CC2)C[C@@H](C)O1. The largest absolute Gasteiger partial charge is 0.480 e. The Kier molecular flexibility index (Phi) is 5.81. The molecule has 0 aliphatic carbocycles. The van der Waals surface area contributed by atoms with Gasteiger partial charge in [0.15, 0.2) is 0 Å². The topological polar surface area (TPSA) is 53.0 Å². The van der Waals surface area contributed by atoms with Crippen molar-refractivity contribution in [2.24, 2.45) is 5.92 Å². The lowest BCUT2D eigenvalue weighted by Crippen LogP contribution is -2.46. The highest BCUT2D eigenvalue weighted by Crippen LogP contribution is 2.21. The summed E-state index contributed by atoms with van der Waals surface area (Å²) in [6, 6.07) is 0. The number of piperidine rings is 1. The first-order valence-corrected chi connectivity index (χ1v) is 7.85. The first kappa shape index (κ1) is 15.7. The summed E-state index contributed by atoms with van der Waals surface area (Å²) in [5.41, 5.74) is 0. The highest BCUT2D eigenvalue weighted by molar-refractivity contribution is 5.69. The molecule has 2 aliphatic heterocycles. The molecule has 2 aliphatic rings. The third-order valence-electron chi connectivity index (χ3n) is 4.41. The Hall–Kier alpha value is -0.650. The van der Waals surface area contributed by atoms with Crippen LogP contribution in [0, 0.1) is 5.92 Å². The minimum absolute atomic E-state index is 0.200. The van der Waals surface area contributed by atoms with Gasteiger partial charge in [-0.2, -0.15) is 0 Å². The summed E-state index contributed by atoms with van der Waals surface area (Å²) in [6.07, 6.45) is 4.21. The van der Waals surface area contributed by atoms with Gasteiger partial charge in [-0.1, -0.05) is 0 Å². The van der Waals surface area contributed by atoms with Crippen molar-refractivity contribution in [2.45, 2.75) is 45.3 Å². The fraction of sp³-hybridized carbons (Fsp3) is 0.933. The van der Waals surface area contributed by atoms with Crippen molar-refractivity contribution in [1.29, 1.82) is 0 Å². The Balaban J connectivity index is 1.64. The molecule has 2 saturated heterocycles. The number of morpholine rings is 1. The minimum Gasteiger partial charge on any atom is -0.480 e. The van der Waals surface area contributed by atoms with Crippen LogP contribution in [0.4, 0.5) is 0 Å². The normalized spacial score (nSPS) is 30.5. The van der Waals surface area contributed by atoms with Crippen molar-refractivity contribution < 1.29 is 14.6 Å². The van der Waals surface area contributed by atoms with Crippen molar-refractivity contribution >= 4 is 5.97 Å². The van der Waals surface area contributed by atoms with E-state index >= 15 is 0 Å². The second kappa shape index (κ2) is 7.38. The summed E-state index contributed by atoms with van der Waals surface area (Å²) in [4.78, 5) is 15.3. The lowest BCUT2D eigenvalue weighted by Gasteiger charge is -2.37. The van der Waals surface area contributed by atoms with E-state index in [9.17, 15) is 4.79 Å². The Morgan fingerprint density at radius 1 is 1.15 bits per heavy atom. The summed E-state index contributed by atoms with van der Waals surface area (Å²) < 4.78 is 5.76. The van der Waals surface area contributed by atoms with Crippen LogP contribution in [0.3, 0.4) is 0 Å². The number of nitrogens with zero attached hydrogens (tertiary/aromatic N) is 2. The summed E-state index contributed by atoms with van der Waals surface area (Å²) in [7, 11) is 0. The fourth-order valence-electron chi connectivity index (χ4n) is 3.46. The zero-order valence-corrected chi connectivity index (χ0v) is 12.8. The van der Waals surface area contributed by atoms with Crippen molar-refractivity contribution in [3.05, 3.63) is 0 Å². The van der Waals surface area contributed by atoms with E-state index < -0.39 is 5.97 Å². The van der Waals surface area contributed by atoms with E-state index in [2.05, 4.69) is 23.6 Å². The summed E-state index contributed by atoms with van der Waals surface area (Å²) in [6.45, 7) is 9.61. The van der Waals surface area contributed by atoms with Gasteiger partial charge in [0.2, 0.25) is 0 Å². The second-order valence-electron chi connectivity index (χ2n) is 6.42. The highest BCUT2D eigenvalue weighted by Gasteiger charge is 2.24. The number of rotatable bonds is 5. The van der Waals surface area contributed by atoms with Gasteiger partial charge in [0, 0.05) is 13.1 Å². The molecule has 1 N–H and O–H groups in total. The van der Waals surface area contributed by atoms with E-state index in [0.29, 0.717) is 12.2 Å². The van der Waals surface area contributed by atoms with Crippen molar-refractivity contribution in [2.75, 3.05) is 39.3 Å². The zero-order valence-electron chi connectivity index (χ0n) is 12.8. The molecule has 0 amide bonds. The van der Waals surface area contributed by atoms with E-state index in [1.807, 2.05) is 0 Å². The number of likely N-dealkylation sites (tertiary alicyclic amines) is 1. The quantitative estimate of drug-likeness (QED) is 0.824. The molecule has 2 fully saturated rings. The molecule has 0 aromatic carbocycles. The van der Waals surface area contributed by atoms with Crippen LogP contribution in [-0.4, -0.2) is 72.4 Å². The monoisotopic (exact) mass is 284 g/mol. The van der Waals surface area contributed by atoms with Gasteiger partial charge in [-0.25, -0.2) is 0 Å². The van der Waals surface area contributed by atoms with Gasteiger partial charge in [-0.15, -0.1) is 0 Å². The predicted molar refractivity (Wildman–Crippen MR) is 77.9 cm³/mol. The third kappa shape index (κ3) is 5.04. The van der Waals surface area contributed by atoms with E-state index in [0.717, 1.165) is 51.5 Å². The first-order valence-electron chi connectivity index (χ1n) is 7.85. The van der Waals surface area contributed by atoms with Crippen LogP contribution >= 0.6 is 0 Å². The van der Waals surface area contributed by atoms with Crippen LogP contribution in [0.1, 0.15) is 33.1 Å². The van der Waals surface area contributed by atoms with E-state index in [1.54, 1.807) is 0 Å². The van der Waals surface area contributed by atoms with Gasteiger partial charge in [0.25, 0.3) is 0 Å². The standard InChI is InChI=1S/C15H28N2O3/c1-12-9-17(10-13(2)20-12)8-5-14-3-6-16(7-4-14)11-15(18)19/h12-14H,3-11H2,1-2H3,(H,18,19)/t12-,13-/m1/s1.